The number of rotatable bonds is 3. The number of hydrogen-bond acceptors (Lipinski definition) is 2. The Hall–Kier alpha value is -1.71. The van der Waals surface area contributed by atoms with E-state index >= 15 is 0 Å². The summed E-state index contributed by atoms with van der Waals surface area (Å²) in [5.41, 5.74) is 1.41. The number of urea groups is 1. The fraction of sp³-hybridized carbons (Fsp3) is 0.500. The summed E-state index contributed by atoms with van der Waals surface area (Å²) in [5, 5.41) is 15.2. The van der Waals surface area contributed by atoms with Gasteiger partial charge in [0.2, 0.25) is 0 Å². The smallest absolute Gasteiger partial charge is 0.319 e. The van der Waals surface area contributed by atoms with Crippen LogP contribution in [0.25, 0.3) is 0 Å². The SMILES string of the molecule is Cc1ccc(NC(=O)NCC2CCCC2)c(O)c1. The first-order valence-electron chi connectivity index (χ1n) is 6.49. The van der Waals surface area contributed by atoms with Gasteiger partial charge in [0, 0.05) is 6.54 Å². The van der Waals surface area contributed by atoms with Crippen molar-refractivity contribution in [2.24, 2.45) is 5.92 Å². The highest BCUT2D eigenvalue weighted by molar-refractivity contribution is 5.90. The van der Waals surface area contributed by atoms with E-state index in [-0.39, 0.29) is 11.8 Å². The fourth-order valence-electron chi connectivity index (χ4n) is 2.37. The Labute approximate surface area is 107 Å². The van der Waals surface area contributed by atoms with Crippen LogP contribution in [0.2, 0.25) is 0 Å². The molecule has 0 radical (unpaired) electrons. The van der Waals surface area contributed by atoms with Crippen molar-refractivity contribution >= 4 is 11.7 Å². The first-order chi connectivity index (χ1) is 8.65. The van der Waals surface area contributed by atoms with E-state index in [4.69, 9.17) is 0 Å². The molecular weight excluding hydrogens is 228 g/mol. The van der Waals surface area contributed by atoms with Crippen LogP contribution in [-0.4, -0.2) is 17.7 Å². The Morgan fingerprint density at radius 3 is 2.78 bits per heavy atom. The maximum Gasteiger partial charge on any atom is 0.319 e. The van der Waals surface area contributed by atoms with Crippen molar-refractivity contribution in [3.8, 4) is 5.75 Å². The number of nitrogens with one attached hydrogen (secondary N) is 2. The number of carbonyl (C=O) groups excluding carboxylic acids is 1. The number of carbonyl (C=O) groups is 1. The third-order valence-corrected chi connectivity index (χ3v) is 3.43. The summed E-state index contributed by atoms with van der Waals surface area (Å²) in [4.78, 5) is 11.7. The van der Waals surface area contributed by atoms with Gasteiger partial charge in [-0.15, -0.1) is 0 Å². The van der Waals surface area contributed by atoms with Gasteiger partial charge in [0.15, 0.2) is 0 Å². The predicted molar refractivity (Wildman–Crippen MR) is 71.8 cm³/mol. The topological polar surface area (TPSA) is 61.4 Å². The minimum atomic E-state index is -0.249. The molecule has 0 unspecified atom stereocenters. The largest absolute Gasteiger partial charge is 0.506 e. The van der Waals surface area contributed by atoms with Crippen LogP contribution in [0.3, 0.4) is 0 Å². The van der Waals surface area contributed by atoms with Crippen molar-refractivity contribution < 1.29 is 9.90 Å². The van der Waals surface area contributed by atoms with Gasteiger partial charge >= 0.3 is 6.03 Å². The number of amides is 2. The van der Waals surface area contributed by atoms with E-state index < -0.39 is 0 Å². The number of benzene rings is 1. The molecule has 2 rings (SSSR count). The summed E-state index contributed by atoms with van der Waals surface area (Å²) < 4.78 is 0. The van der Waals surface area contributed by atoms with E-state index in [2.05, 4.69) is 10.6 Å². The Morgan fingerprint density at radius 1 is 1.39 bits per heavy atom. The number of aromatic hydroxyl groups is 1. The Morgan fingerprint density at radius 2 is 2.11 bits per heavy atom. The summed E-state index contributed by atoms with van der Waals surface area (Å²) in [7, 11) is 0. The summed E-state index contributed by atoms with van der Waals surface area (Å²) in [6, 6.07) is 4.94. The zero-order chi connectivity index (χ0) is 13.0. The molecule has 0 saturated heterocycles. The summed E-state index contributed by atoms with van der Waals surface area (Å²) in [6.45, 7) is 2.61. The molecule has 0 atom stereocenters. The Kier molecular flexibility index (Phi) is 4.07. The second-order valence-electron chi connectivity index (χ2n) is 5.01. The molecule has 4 heteroatoms. The Balaban J connectivity index is 1.82. The van der Waals surface area contributed by atoms with Crippen LogP contribution >= 0.6 is 0 Å². The number of aryl methyl sites for hydroxylation is 1. The van der Waals surface area contributed by atoms with Crippen molar-refractivity contribution in [1.29, 1.82) is 0 Å². The van der Waals surface area contributed by atoms with Crippen molar-refractivity contribution in [3.05, 3.63) is 23.8 Å². The second kappa shape index (κ2) is 5.76. The molecule has 18 heavy (non-hydrogen) atoms. The molecule has 4 nitrogen and oxygen atoms in total. The summed E-state index contributed by atoms with van der Waals surface area (Å²) in [5.74, 6) is 0.716. The molecule has 0 spiro atoms. The van der Waals surface area contributed by atoms with Crippen molar-refractivity contribution in [2.75, 3.05) is 11.9 Å². The minimum Gasteiger partial charge on any atom is -0.506 e. The highest BCUT2D eigenvalue weighted by Crippen LogP contribution is 2.25. The van der Waals surface area contributed by atoms with Crippen LogP contribution in [0.4, 0.5) is 10.5 Å². The molecular formula is C14H20N2O2. The zero-order valence-electron chi connectivity index (χ0n) is 10.7. The van der Waals surface area contributed by atoms with Gasteiger partial charge in [-0.3, -0.25) is 0 Å². The minimum absolute atomic E-state index is 0.103. The van der Waals surface area contributed by atoms with Crippen molar-refractivity contribution in [1.82, 2.24) is 5.32 Å². The zero-order valence-corrected chi connectivity index (χ0v) is 10.7. The molecule has 1 aliphatic carbocycles. The monoisotopic (exact) mass is 248 g/mol. The maximum absolute atomic E-state index is 11.7. The second-order valence-corrected chi connectivity index (χ2v) is 5.01. The van der Waals surface area contributed by atoms with Crippen LogP contribution in [-0.2, 0) is 0 Å². The molecule has 0 aromatic heterocycles. The number of hydrogen-bond donors (Lipinski definition) is 3. The molecule has 1 aromatic carbocycles. The van der Waals surface area contributed by atoms with Gasteiger partial charge in [0.25, 0.3) is 0 Å². The number of phenolic OH excluding ortho intramolecular Hbond substituents is 1. The molecule has 3 N–H and O–H groups in total. The van der Waals surface area contributed by atoms with E-state index in [1.807, 2.05) is 13.0 Å². The van der Waals surface area contributed by atoms with Crippen LogP contribution in [0.15, 0.2) is 18.2 Å². The average molecular weight is 248 g/mol. The van der Waals surface area contributed by atoms with E-state index in [0.717, 1.165) is 12.1 Å². The molecule has 98 valence electrons. The van der Waals surface area contributed by atoms with Gasteiger partial charge in [0.1, 0.15) is 5.75 Å². The maximum atomic E-state index is 11.7. The third kappa shape index (κ3) is 3.39. The number of phenols is 1. The lowest BCUT2D eigenvalue weighted by atomic mass is 10.1. The normalized spacial score (nSPS) is 15.6. The molecule has 0 aliphatic heterocycles. The van der Waals surface area contributed by atoms with E-state index in [9.17, 15) is 9.90 Å². The Bertz CT molecular complexity index is 426. The highest BCUT2D eigenvalue weighted by Gasteiger charge is 2.15. The summed E-state index contributed by atoms with van der Waals surface area (Å²) >= 11 is 0. The van der Waals surface area contributed by atoms with Crippen LogP contribution in [0, 0.1) is 12.8 Å². The van der Waals surface area contributed by atoms with Gasteiger partial charge in [0.05, 0.1) is 5.69 Å². The molecule has 1 aromatic rings. The molecule has 1 aliphatic rings. The van der Waals surface area contributed by atoms with Crippen molar-refractivity contribution in [3.63, 3.8) is 0 Å². The standard InChI is InChI=1S/C14H20N2O2/c1-10-6-7-12(13(17)8-10)16-14(18)15-9-11-4-2-3-5-11/h6-8,11,17H,2-5,9H2,1H3,(H2,15,16,18). The van der Waals surface area contributed by atoms with E-state index in [1.165, 1.54) is 25.7 Å². The lowest BCUT2D eigenvalue weighted by Crippen LogP contribution is -2.32. The quantitative estimate of drug-likeness (QED) is 0.720. The predicted octanol–water partition coefficient (Wildman–Crippen LogP) is 3.01. The molecule has 2 amide bonds. The van der Waals surface area contributed by atoms with Gasteiger partial charge in [-0.2, -0.15) is 0 Å². The van der Waals surface area contributed by atoms with Gasteiger partial charge < -0.3 is 15.7 Å². The fourth-order valence-corrected chi connectivity index (χ4v) is 2.37. The first kappa shape index (κ1) is 12.7. The lowest BCUT2D eigenvalue weighted by Gasteiger charge is -2.12. The van der Waals surface area contributed by atoms with Crippen molar-refractivity contribution in [2.45, 2.75) is 32.6 Å². The van der Waals surface area contributed by atoms with Crippen LogP contribution in [0.1, 0.15) is 31.2 Å². The van der Waals surface area contributed by atoms with Gasteiger partial charge in [-0.1, -0.05) is 18.9 Å². The van der Waals surface area contributed by atoms with Crippen LogP contribution in [0.5, 0.6) is 5.75 Å². The van der Waals surface area contributed by atoms with E-state index in [1.54, 1.807) is 12.1 Å². The number of anilines is 1. The lowest BCUT2D eigenvalue weighted by molar-refractivity contribution is 0.250. The van der Waals surface area contributed by atoms with E-state index in [0.29, 0.717) is 11.6 Å². The molecule has 1 saturated carbocycles. The first-order valence-corrected chi connectivity index (χ1v) is 6.49. The third-order valence-electron chi connectivity index (χ3n) is 3.43. The molecule has 1 fully saturated rings. The highest BCUT2D eigenvalue weighted by atomic mass is 16.3. The summed E-state index contributed by atoms with van der Waals surface area (Å²) in [6.07, 6.45) is 4.95. The van der Waals surface area contributed by atoms with Crippen LogP contribution < -0.4 is 10.6 Å². The van der Waals surface area contributed by atoms with Gasteiger partial charge in [-0.05, 0) is 43.4 Å². The molecule has 0 bridgehead atoms. The van der Waals surface area contributed by atoms with Gasteiger partial charge in [-0.25, -0.2) is 4.79 Å². The molecule has 0 heterocycles. The average Bonchev–Trinajstić information content (AvgIpc) is 2.83.